The zero-order chi connectivity index (χ0) is 29.3. The fourth-order valence-electron chi connectivity index (χ4n) is 5.67. The molecule has 0 aromatic heterocycles. The summed E-state index contributed by atoms with van der Waals surface area (Å²) in [7, 11) is 0. The van der Waals surface area contributed by atoms with Gasteiger partial charge in [-0.05, 0) is 0 Å². The molecule has 0 aliphatic heterocycles. The Kier molecular flexibility index (Phi) is 8.19. The molecule has 44 heavy (non-hydrogen) atoms. The molecule has 0 heterocycles. The molecule has 0 unspecified atom stereocenters. The van der Waals surface area contributed by atoms with Gasteiger partial charge in [0, 0.05) is 0 Å². The summed E-state index contributed by atoms with van der Waals surface area (Å²) in [5.41, 5.74) is 0. The van der Waals surface area contributed by atoms with Crippen LogP contribution in [0.25, 0.3) is 32.3 Å². The summed E-state index contributed by atoms with van der Waals surface area (Å²) < 4.78 is 11.7. The Balaban J connectivity index is 1.41. The van der Waals surface area contributed by atoms with Crippen molar-refractivity contribution in [1.82, 2.24) is 0 Å². The number of rotatable bonds is 8. The number of hydrogen-bond acceptors (Lipinski definition) is 0. The van der Waals surface area contributed by atoms with Crippen molar-refractivity contribution < 1.29 is 0 Å². The molecular formula is C40H26Se4. The Morgan fingerprint density at radius 2 is 0.477 bits per heavy atom. The molecule has 8 rings (SSSR count). The van der Waals surface area contributed by atoms with Crippen molar-refractivity contribution in [2.45, 2.75) is 0 Å². The third-order valence-electron chi connectivity index (χ3n) is 7.63. The van der Waals surface area contributed by atoms with Gasteiger partial charge in [0.05, 0.1) is 0 Å². The molecule has 0 amide bonds. The van der Waals surface area contributed by atoms with E-state index in [1.54, 1.807) is 0 Å². The van der Waals surface area contributed by atoms with Crippen molar-refractivity contribution in [3.8, 4) is 0 Å². The average Bonchev–Trinajstić information content (AvgIpc) is 3.07. The minimum absolute atomic E-state index is 0.221. The molecule has 8 aromatic rings. The summed E-state index contributed by atoms with van der Waals surface area (Å²) in [6, 6.07) is 59.1. The van der Waals surface area contributed by atoms with Gasteiger partial charge >= 0.3 is 286 Å². The molecule has 0 bridgehead atoms. The Hall–Kier alpha value is -3.12. The molecular weight excluding hydrogens is 796 g/mol. The fraction of sp³-hybridized carbons (Fsp3) is 0. The molecule has 8 aromatic carbocycles. The Bertz CT molecular complexity index is 1890. The molecule has 0 aliphatic rings. The normalized spacial score (nSPS) is 11.5. The molecule has 0 saturated heterocycles. The maximum atomic E-state index is 2.55. The topological polar surface area (TPSA) is 0 Å². The molecule has 0 nitrogen and oxygen atoms in total. The molecule has 0 fully saturated rings. The first kappa shape index (κ1) is 28.4. The second-order valence-corrected chi connectivity index (χ2v) is 19.8. The van der Waals surface area contributed by atoms with Crippen LogP contribution in [0, 0.1) is 0 Å². The van der Waals surface area contributed by atoms with E-state index in [1.807, 2.05) is 0 Å². The Labute approximate surface area is 283 Å². The van der Waals surface area contributed by atoms with Crippen LogP contribution in [0.15, 0.2) is 158 Å². The summed E-state index contributed by atoms with van der Waals surface area (Å²) in [5.74, 6) is 0. The van der Waals surface area contributed by atoms with Gasteiger partial charge in [-0.15, -0.1) is 0 Å². The van der Waals surface area contributed by atoms with E-state index >= 15 is 0 Å². The second-order valence-electron chi connectivity index (χ2n) is 10.5. The first-order valence-corrected chi connectivity index (χ1v) is 21.4. The van der Waals surface area contributed by atoms with E-state index in [2.05, 4.69) is 158 Å². The van der Waals surface area contributed by atoms with Crippen molar-refractivity contribution in [3.63, 3.8) is 0 Å². The van der Waals surface area contributed by atoms with Crippen LogP contribution in [0.3, 0.4) is 0 Å². The zero-order valence-corrected chi connectivity index (χ0v) is 30.5. The van der Waals surface area contributed by atoms with Crippen molar-refractivity contribution in [3.05, 3.63) is 158 Å². The zero-order valence-electron chi connectivity index (χ0n) is 23.6. The van der Waals surface area contributed by atoms with Gasteiger partial charge in [-0.2, -0.15) is 0 Å². The molecule has 0 saturated carbocycles. The van der Waals surface area contributed by atoms with Crippen LogP contribution in [-0.4, -0.2) is 59.8 Å². The third-order valence-corrected chi connectivity index (χ3v) is 16.6. The van der Waals surface area contributed by atoms with Crippen molar-refractivity contribution in [2.24, 2.45) is 0 Å². The van der Waals surface area contributed by atoms with Gasteiger partial charge in [-0.1, -0.05) is 0 Å². The van der Waals surface area contributed by atoms with Crippen molar-refractivity contribution in [1.29, 1.82) is 0 Å². The van der Waals surface area contributed by atoms with Gasteiger partial charge in [-0.3, -0.25) is 0 Å². The number of hydrogen-bond donors (Lipinski definition) is 0. The van der Waals surface area contributed by atoms with Crippen LogP contribution in [-0.2, 0) is 0 Å². The van der Waals surface area contributed by atoms with Gasteiger partial charge in [0.15, 0.2) is 0 Å². The van der Waals surface area contributed by atoms with E-state index in [0.29, 0.717) is 0 Å². The predicted octanol–water partition coefficient (Wildman–Crippen LogP) is 3.20. The standard InChI is InChI=1S/C40H26Se4/c1-5-13-27(14-6-1)41-35-25-36(42-28-15-7-2-8-16-28)32-23-24-34-38(44-30-19-11-4-12-20-30)26-37(43-29-17-9-3-10-18-29)33-22-21-31(35)39(32)40(33)34/h1-26H. The van der Waals surface area contributed by atoms with Crippen LogP contribution in [0.5, 0.6) is 0 Å². The average molecular weight is 822 g/mol. The summed E-state index contributed by atoms with van der Waals surface area (Å²) >= 11 is 0.884. The predicted molar refractivity (Wildman–Crippen MR) is 196 cm³/mol. The maximum absolute atomic E-state index is 2.55. The van der Waals surface area contributed by atoms with E-state index in [9.17, 15) is 0 Å². The Morgan fingerprint density at radius 1 is 0.250 bits per heavy atom. The monoisotopic (exact) mass is 826 g/mol. The summed E-state index contributed by atoms with van der Waals surface area (Å²) in [6.07, 6.45) is 0. The summed E-state index contributed by atoms with van der Waals surface area (Å²) in [4.78, 5) is 0. The van der Waals surface area contributed by atoms with Crippen molar-refractivity contribution >= 4 is 128 Å². The van der Waals surface area contributed by atoms with Gasteiger partial charge < -0.3 is 0 Å². The molecule has 0 aliphatic carbocycles. The summed E-state index contributed by atoms with van der Waals surface area (Å²) in [6.45, 7) is 0. The van der Waals surface area contributed by atoms with E-state index in [0.717, 1.165) is 0 Å². The van der Waals surface area contributed by atoms with Gasteiger partial charge in [0.1, 0.15) is 0 Å². The summed E-state index contributed by atoms with van der Waals surface area (Å²) in [5, 5.41) is 8.65. The van der Waals surface area contributed by atoms with Crippen LogP contribution in [0.2, 0.25) is 0 Å². The van der Waals surface area contributed by atoms with Gasteiger partial charge in [0.25, 0.3) is 0 Å². The molecule has 0 N–H and O–H groups in total. The SMILES string of the molecule is c1ccc([Se]c2cc([Se]c3ccccc3)c3ccc4c([Se]c5ccccc5)cc([Se]c5ccccc5)c5ccc2c3c54)cc1. The van der Waals surface area contributed by atoms with Gasteiger partial charge in [-0.25, -0.2) is 0 Å². The quantitative estimate of drug-likeness (QED) is 0.164. The van der Waals surface area contributed by atoms with Gasteiger partial charge in [0.2, 0.25) is 0 Å². The van der Waals surface area contributed by atoms with Crippen molar-refractivity contribution in [2.75, 3.05) is 0 Å². The Morgan fingerprint density at radius 3 is 0.705 bits per heavy atom. The molecule has 0 atom stereocenters. The molecule has 0 radical (unpaired) electrons. The van der Waals surface area contributed by atoms with E-state index in [-0.39, 0.29) is 59.8 Å². The minimum atomic E-state index is 0.221. The second kappa shape index (κ2) is 12.7. The van der Waals surface area contributed by atoms with Crippen LogP contribution >= 0.6 is 0 Å². The molecule has 0 spiro atoms. The van der Waals surface area contributed by atoms with E-state index < -0.39 is 0 Å². The third kappa shape index (κ3) is 5.71. The van der Waals surface area contributed by atoms with E-state index in [4.69, 9.17) is 0 Å². The first-order valence-electron chi connectivity index (χ1n) is 14.5. The molecule has 210 valence electrons. The van der Waals surface area contributed by atoms with Crippen LogP contribution in [0.1, 0.15) is 0 Å². The number of benzene rings is 8. The fourth-order valence-corrected chi connectivity index (χ4v) is 14.8. The molecule has 4 heteroatoms. The van der Waals surface area contributed by atoms with Crippen LogP contribution in [0.4, 0.5) is 0 Å². The van der Waals surface area contributed by atoms with E-state index in [1.165, 1.54) is 68.0 Å². The van der Waals surface area contributed by atoms with Crippen LogP contribution < -0.4 is 35.7 Å². The first-order chi connectivity index (χ1) is 21.8.